The van der Waals surface area contributed by atoms with Gasteiger partial charge in [-0.05, 0) is 41.5 Å². The fourth-order valence-electron chi connectivity index (χ4n) is 2.33. The lowest BCUT2D eigenvalue weighted by atomic mass is 10.1. The molecule has 0 radical (unpaired) electrons. The summed E-state index contributed by atoms with van der Waals surface area (Å²) in [5.74, 6) is -0.949. The minimum atomic E-state index is -0.564. The van der Waals surface area contributed by atoms with E-state index in [-0.39, 0.29) is 11.4 Å². The number of nitrogens with one attached hydrogen (secondary N) is 1. The van der Waals surface area contributed by atoms with Gasteiger partial charge in [0.15, 0.2) is 5.13 Å². The van der Waals surface area contributed by atoms with Crippen LogP contribution in [0.15, 0.2) is 60.3 Å². The number of anilines is 1. The van der Waals surface area contributed by atoms with Crippen LogP contribution in [0.2, 0.25) is 5.02 Å². The number of aromatic nitrogens is 1. The van der Waals surface area contributed by atoms with Crippen molar-refractivity contribution in [3.8, 4) is 6.07 Å². The molecule has 1 N–H and O–H groups in total. The van der Waals surface area contributed by atoms with Crippen LogP contribution in [0.3, 0.4) is 0 Å². The van der Waals surface area contributed by atoms with E-state index < -0.39 is 5.91 Å². The van der Waals surface area contributed by atoms with E-state index in [2.05, 4.69) is 10.3 Å². The third-order valence-electron chi connectivity index (χ3n) is 3.59. The molecule has 0 aliphatic heterocycles. The number of hydrogen-bond acceptors (Lipinski definition) is 4. The maximum absolute atomic E-state index is 13.0. The molecule has 0 unspecified atom stereocenters. The first kappa shape index (κ1) is 18.8. The van der Waals surface area contributed by atoms with Gasteiger partial charge < -0.3 is 0 Å². The van der Waals surface area contributed by atoms with Gasteiger partial charge in [-0.2, -0.15) is 5.26 Å². The first-order valence-electron chi connectivity index (χ1n) is 7.91. The molecule has 1 heterocycles. The summed E-state index contributed by atoms with van der Waals surface area (Å²) in [6.07, 6.45) is 3.72. The monoisotopic (exact) mass is 397 g/mol. The second-order valence-corrected chi connectivity index (χ2v) is 7.17. The highest BCUT2D eigenvalue weighted by Crippen LogP contribution is 2.23. The lowest BCUT2D eigenvalue weighted by Crippen LogP contribution is -2.13. The van der Waals surface area contributed by atoms with Crippen LogP contribution in [0.5, 0.6) is 0 Å². The zero-order valence-corrected chi connectivity index (χ0v) is 15.5. The molecule has 1 aromatic heterocycles. The normalized spacial score (nSPS) is 11.1. The first-order valence-corrected chi connectivity index (χ1v) is 9.11. The van der Waals surface area contributed by atoms with Crippen molar-refractivity contribution < 1.29 is 9.18 Å². The average molecular weight is 398 g/mol. The molecule has 0 saturated carbocycles. The molecular formula is C20H13ClFN3OS. The molecule has 0 spiro atoms. The zero-order valence-electron chi connectivity index (χ0n) is 13.9. The Hall–Kier alpha value is -3.01. The molecule has 0 bridgehead atoms. The van der Waals surface area contributed by atoms with Crippen LogP contribution in [-0.2, 0) is 11.2 Å². The highest BCUT2D eigenvalue weighted by atomic mass is 35.5. The standard InChI is InChI=1S/C20H13ClFN3OS/c21-16-3-1-2-14(9-16)10-18-12-24-20(27-18)25-19(26)15(11-23)8-13-4-6-17(22)7-5-13/h1-9,12H,10H2,(H,24,25,26)/b15-8+. The summed E-state index contributed by atoms with van der Waals surface area (Å²) < 4.78 is 13.0. The number of nitriles is 1. The number of nitrogens with zero attached hydrogens (tertiary/aromatic N) is 2. The maximum Gasteiger partial charge on any atom is 0.268 e. The van der Waals surface area contributed by atoms with E-state index >= 15 is 0 Å². The van der Waals surface area contributed by atoms with Crippen LogP contribution in [0.4, 0.5) is 9.52 Å². The van der Waals surface area contributed by atoms with E-state index in [4.69, 9.17) is 11.6 Å². The minimum absolute atomic E-state index is 0.0896. The van der Waals surface area contributed by atoms with Crippen LogP contribution in [-0.4, -0.2) is 10.9 Å². The first-order chi connectivity index (χ1) is 13.0. The predicted octanol–water partition coefficient (Wildman–Crippen LogP) is 5.07. The number of carbonyl (C=O) groups excluding carboxylic acids is 1. The van der Waals surface area contributed by atoms with Gasteiger partial charge in [0, 0.05) is 22.5 Å². The number of rotatable bonds is 5. The molecule has 2 aromatic carbocycles. The summed E-state index contributed by atoms with van der Waals surface area (Å²) in [7, 11) is 0. The van der Waals surface area contributed by atoms with Gasteiger partial charge >= 0.3 is 0 Å². The Morgan fingerprint density at radius 3 is 2.78 bits per heavy atom. The number of benzene rings is 2. The summed E-state index contributed by atoms with van der Waals surface area (Å²) >= 11 is 7.31. The quantitative estimate of drug-likeness (QED) is 0.482. The van der Waals surface area contributed by atoms with Crippen molar-refractivity contribution in [2.45, 2.75) is 6.42 Å². The lowest BCUT2D eigenvalue weighted by Gasteiger charge is -2.01. The Labute approximate surface area is 164 Å². The molecular weight excluding hydrogens is 385 g/mol. The van der Waals surface area contributed by atoms with Crippen molar-refractivity contribution in [1.29, 1.82) is 5.26 Å². The SMILES string of the molecule is N#C/C(=C\c1ccc(F)cc1)C(=O)Nc1ncc(Cc2cccc(Cl)c2)s1. The number of thiazole rings is 1. The second-order valence-electron chi connectivity index (χ2n) is 5.61. The summed E-state index contributed by atoms with van der Waals surface area (Å²) in [6.45, 7) is 0. The Balaban J connectivity index is 1.69. The molecule has 27 heavy (non-hydrogen) atoms. The van der Waals surface area contributed by atoms with Gasteiger partial charge in [0.2, 0.25) is 0 Å². The van der Waals surface area contributed by atoms with Crippen LogP contribution in [0.25, 0.3) is 6.08 Å². The van der Waals surface area contributed by atoms with Gasteiger partial charge in [-0.1, -0.05) is 35.9 Å². The van der Waals surface area contributed by atoms with E-state index in [1.54, 1.807) is 12.3 Å². The van der Waals surface area contributed by atoms with E-state index in [9.17, 15) is 14.4 Å². The smallest absolute Gasteiger partial charge is 0.268 e. The van der Waals surface area contributed by atoms with Crippen molar-refractivity contribution >= 4 is 40.1 Å². The predicted molar refractivity (Wildman–Crippen MR) is 105 cm³/mol. The number of amides is 1. The van der Waals surface area contributed by atoms with Gasteiger partial charge in [-0.15, -0.1) is 11.3 Å². The highest BCUT2D eigenvalue weighted by molar-refractivity contribution is 7.15. The summed E-state index contributed by atoms with van der Waals surface area (Å²) in [5.41, 5.74) is 1.51. The van der Waals surface area contributed by atoms with Crippen molar-refractivity contribution in [1.82, 2.24) is 4.98 Å². The molecule has 0 aliphatic rings. The van der Waals surface area contributed by atoms with E-state index in [1.165, 1.54) is 41.7 Å². The molecule has 4 nitrogen and oxygen atoms in total. The van der Waals surface area contributed by atoms with Gasteiger partial charge in [0.1, 0.15) is 17.5 Å². The molecule has 0 saturated heterocycles. The third kappa shape index (κ3) is 5.23. The summed E-state index contributed by atoms with van der Waals surface area (Å²) in [4.78, 5) is 17.4. The van der Waals surface area contributed by atoms with Gasteiger partial charge in [-0.25, -0.2) is 9.37 Å². The number of halogens is 2. The molecule has 1 amide bonds. The van der Waals surface area contributed by atoms with Crippen molar-refractivity contribution in [3.63, 3.8) is 0 Å². The zero-order chi connectivity index (χ0) is 19.2. The fourth-order valence-corrected chi connectivity index (χ4v) is 3.39. The number of carbonyl (C=O) groups is 1. The maximum atomic E-state index is 13.0. The van der Waals surface area contributed by atoms with Crippen molar-refractivity contribution in [3.05, 3.63) is 87.1 Å². The average Bonchev–Trinajstić information content (AvgIpc) is 3.08. The van der Waals surface area contributed by atoms with E-state index in [0.29, 0.717) is 22.1 Å². The molecule has 3 aromatic rings. The minimum Gasteiger partial charge on any atom is -0.297 e. The molecule has 0 atom stereocenters. The molecule has 0 aliphatic carbocycles. The molecule has 7 heteroatoms. The van der Waals surface area contributed by atoms with Gasteiger partial charge in [-0.3, -0.25) is 10.1 Å². The molecule has 134 valence electrons. The third-order valence-corrected chi connectivity index (χ3v) is 4.74. The van der Waals surface area contributed by atoms with Gasteiger partial charge in [0.05, 0.1) is 0 Å². The topological polar surface area (TPSA) is 65.8 Å². The molecule has 3 rings (SSSR count). The van der Waals surface area contributed by atoms with Crippen LogP contribution in [0, 0.1) is 17.1 Å². The number of hydrogen-bond donors (Lipinski definition) is 1. The Morgan fingerprint density at radius 1 is 1.30 bits per heavy atom. The van der Waals surface area contributed by atoms with Crippen LogP contribution < -0.4 is 5.32 Å². The lowest BCUT2D eigenvalue weighted by molar-refractivity contribution is -0.112. The molecule has 0 fully saturated rings. The van der Waals surface area contributed by atoms with Crippen molar-refractivity contribution in [2.24, 2.45) is 0 Å². The Kier molecular flexibility index (Phi) is 5.97. The summed E-state index contributed by atoms with van der Waals surface area (Å²) in [5, 5.41) is 12.9. The van der Waals surface area contributed by atoms with Gasteiger partial charge in [0.25, 0.3) is 5.91 Å². The van der Waals surface area contributed by atoms with Crippen molar-refractivity contribution in [2.75, 3.05) is 5.32 Å². The second kappa shape index (κ2) is 8.58. The van der Waals surface area contributed by atoms with Crippen LogP contribution >= 0.6 is 22.9 Å². The Bertz CT molecular complexity index is 1040. The Morgan fingerprint density at radius 2 is 2.07 bits per heavy atom. The van der Waals surface area contributed by atoms with E-state index in [1.807, 2.05) is 24.3 Å². The van der Waals surface area contributed by atoms with E-state index in [0.717, 1.165) is 10.4 Å². The fraction of sp³-hybridized carbons (Fsp3) is 0.0500. The summed E-state index contributed by atoms with van der Waals surface area (Å²) in [6, 6.07) is 14.9. The van der Waals surface area contributed by atoms with Crippen LogP contribution in [0.1, 0.15) is 16.0 Å². The highest BCUT2D eigenvalue weighted by Gasteiger charge is 2.12. The largest absolute Gasteiger partial charge is 0.297 e.